The molecule has 0 bridgehead atoms. The molecule has 0 spiro atoms. The highest BCUT2D eigenvalue weighted by atomic mass is 35.5. The molecular weight excluding hydrogens is 513 g/mol. The lowest BCUT2D eigenvalue weighted by Crippen LogP contribution is -2.45. The molecule has 9 nitrogen and oxygen atoms in total. The number of nitrogens with zero attached hydrogens (tertiary/aromatic N) is 3. The molecule has 38 heavy (non-hydrogen) atoms. The normalized spacial score (nSPS) is 16.5. The van der Waals surface area contributed by atoms with Crippen LogP contribution in [-0.4, -0.2) is 59.9 Å². The van der Waals surface area contributed by atoms with Gasteiger partial charge < -0.3 is 16.4 Å². The van der Waals surface area contributed by atoms with Gasteiger partial charge in [-0.2, -0.15) is 0 Å². The van der Waals surface area contributed by atoms with Gasteiger partial charge in [0.2, 0.25) is 11.6 Å². The lowest BCUT2D eigenvalue weighted by atomic mass is 9.86. The predicted molar refractivity (Wildman–Crippen MR) is 144 cm³/mol. The lowest BCUT2D eigenvalue weighted by Gasteiger charge is -2.30. The molecule has 1 saturated heterocycles. The number of rotatable bonds is 14. The van der Waals surface area contributed by atoms with Gasteiger partial charge in [-0.1, -0.05) is 37.6 Å². The van der Waals surface area contributed by atoms with Gasteiger partial charge in [0.1, 0.15) is 6.67 Å². The molecule has 0 aliphatic carbocycles. The van der Waals surface area contributed by atoms with Gasteiger partial charge in [-0.25, -0.2) is 9.24 Å². The molecule has 0 radical (unpaired) electrons. The molecule has 1 heterocycles. The quantitative estimate of drug-likeness (QED) is 0.119. The highest BCUT2D eigenvalue weighted by Crippen LogP contribution is 2.30. The Bertz CT molecular complexity index is 1110. The Morgan fingerprint density at radius 2 is 1.95 bits per heavy atom. The van der Waals surface area contributed by atoms with E-state index >= 15 is 0 Å². The zero-order valence-electron chi connectivity index (χ0n) is 21.8. The molecule has 1 amide bonds. The number of likely N-dealkylation sites (tertiary alicyclic amines) is 1. The smallest absolute Gasteiger partial charge is 0.227 e. The first-order chi connectivity index (χ1) is 18.0. The summed E-state index contributed by atoms with van der Waals surface area (Å²) in [6.45, 7) is 10.3. The Labute approximate surface area is 227 Å². The lowest BCUT2D eigenvalue weighted by molar-refractivity contribution is -0.142. The average molecular weight is 548 g/mol. The molecule has 1 aromatic rings. The van der Waals surface area contributed by atoms with Crippen LogP contribution >= 0.6 is 11.6 Å². The van der Waals surface area contributed by atoms with Gasteiger partial charge in [-0.15, -0.1) is 0 Å². The standard InChI is InChI=1S/C27H35ClFN5O4/c1-16(2)19(14-23(35)18-8-9-20(28)21(12-18)32-3)26(38)34-11-5-7-22(34)24(36)13-17(25(37)15-29)6-4-10-33-27(30)31/h8-9,12,16-17,19,22H,4-7,10-11,13-15H2,1-2H3,(H4,30,31,33)/t17-,19+,22+/m1/s1. The molecule has 206 valence electrons. The average Bonchev–Trinajstić information content (AvgIpc) is 3.38. The van der Waals surface area contributed by atoms with Crippen molar-refractivity contribution in [3.63, 3.8) is 0 Å². The van der Waals surface area contributed by atoms with Gasteiger partial charge in [-0.05, 0) is 37.7 Å². The summed E-state index contributed by atoms with van der Waals surface area (Å²) in [6, 6.07) is 3.70. The highest BCUT2D eigenvalue weighted by molar-refractivity contribution is 6.33. The molecule has 0 saturated carbocycles. The van der Waals surface area contributed by atoms with Crippen LogP contribution in [-0.2, 0) is 14.4 Å². The molecule has 11 heteroatoms. The number of hydrogen-bond acceptors (Lipinski definition) is 5. The van der Waals surface area contributed by atoms with E-state index in [-0.39, 0.29) is 65.9 Å². The summed E-state index contributed by atoms with van der Waals surface area (Å²) in [5.41, 5.74) is 11.1. The number of alkyl halides is 1. The Hall–Kier alpha value is -3.32. The van der Waals surface area contributed by atoms with Crippen LogP contribution in [0.4, 0.5) is 10.1 Å². The van der Waals surface area contributed by atoms with E-state index in [9.17, 15) is 23.6 Å². The third-order valence-electron chi connectivity index (χ3n) is 6.86. The number of halogens is 2. The van der Waals surface area contributed by atoms with Crippen LogP contribution in [0.25, 0.3) is 4.85 Å². The number of benzene rings is 1. The maximum atomic E-state index is 13.6. The van der Waals surface area contributed by atoms with Crippen molar-refractivity contribution < 1.29 is 23.6 Å². The minimum absolute atomic E-state index is 0.0826. The zero-order chi connectivity index (χ0) is 28.4. The molecule has 1 aromatic carbocycles. The fourth-order valence-electron chi connectivity index (χ4n) is 4.69. The van der Waals surface area contributed by atoms with Crippen molar-refractivity contribution in [1.82, 2.24) is 4.90 Å². The van der Waals surface area contributed by atoms with E-state index in [1.807, 2.05) is 13.8 Å². The van der Waals surface area contributed by atoms with Crippen molar-refractivity contribution in [2.24, 2.45) is 34.2 Å². The summed E-state index contributed by atoms with van der Waals surface area (Å²) in [4.78, 5) is 60.7. The fraction of sp³-hybridized carbons (Fsp3) is 0.556. The van der Waals surface area contributed by atoms with Gasteiger partial charge >= 0.3 is 0 Å². The number of guanidine groups is 1. The maximum absolute atomic E-state index is 13.6. The topological polar surface area (TPSA) is 140 Å². The van der Waals surface area contributed by atoms with Crippen LogP contribution in [0.3, 0.4) is 0 Å². The predicted octanol–water partition coefficient (Wildman–Crippen LogP) is 3.89. The van der Waals surface area contributed by atoms with Gasteiger partial charge in [0, 0.05) is 48.4 Å². The van der Waals surface area contributed by atoms with Crippen molar-refractivity contribution in [1.29, 1.82) is 0 Å². The van der Waals surface area contributed by atoms with E-state index in [0.29, 0.717) is 31.4 Å². The molecular formula is C27H35ClFN5O4. The zero-order valence-corrected chi connectivity index (χ0v) is 22.5. The number of ketones is 3. The van der Waals surface area contributed by atoms with Gasteiger partial charge in [0.15, 0.2) is 23.3 Å². The molecule has 4 N–H and O–H groups in total. The first kappa shape index (κ1) is 30.9. The van der Waals surface area contributed by atoms with Crippen molar-refractivity contribution in [3.8, 4) is 0 Å². The van der Waals surface area contributed by atoms with E-state index in [0.717, 1.165) is 0 Å². The number of aliphatic imine (C=N–C) groups is 1. The number of nitrogens with two attached hydrogens (primary N) is 2. The second-order valence-corrected chi connectivity index (χ2v) is 10.3. The first-order valence-electron chi connectivity index (χ1n) is 12.7. The summed E-state index contributed by atoms with van der Waals surface area (Å²) in [5.74, 6) is -3.32. The maximum Gasteiger partial charge on any atom is 0.227 e. The van der Waals surface area contributed by atoms with Crippen molar-refractivity contribution in [2.45, 2.75) is 58.4 Å². The first-order valence-corrected chi connectivity index (χ1v) is 13.0. The minimum Gasteiger partial charge on any atom is -0.370 e. The van der Waals surface area contributed by atoms with Crippen molar-refractivity contribution in [2.75, 3.05) is 19.8 Å². The van der Waals surface area contributed by atoms with Crippen LogP contribution < -0.4 is 11.5 Å². The van der Waals surface area contributed by atoms with Crippen LogP contribution in [0.5, 0.6) is 0 Å². The molecule has 1 aliphatic rings. The van der Waals surface area contributed by atoms with Crippen molar-refractivity contribution in [3.05, 3.63) is 40.2 Å². The van der Waals surface area contributed by atoms with E-state index in [2.05, 4.69) is 9.84 Å². The third kappa shape index (κ3) is 8.35. The molecule has 2 rings (SSSR count). The second kappa shape index (κ2) is 14.6. The number of hydrogen-bond donors (Lipinski definition) is 2. The molecule has 0 unspecified atom stereocenters. The van der Waals surface area contributed by atoms with Crippen molar-refractivity contribution >= 4 is 46.5 Å². The number of Topliss-reactive ketones (excluding diaryl/α,β-unsaturated/α-hetero) is 3. The van der Waals surface area contributed by atoms with Gasteiger partial charge in [-0.3, -0.25) is 24.2 Å². The second-order valence-electron chi connectivity index (χ2n) is 9.86. The molecule has 0 aromatic heterocycles. The number of carbonyl (C=O) groups excluding carboxylic acids is 4. The van der Waals surface area contributed by atoms with E-state index in [4.69, 9.17) is 29.6 Å². The van der Waals surface area contributed by atoms with Crippen LogP contribution in [0.2, 0.25) is 5.02 Å². The Balaban J connectivity index is 2.14. The summed E-state index contributed by atoms with van der Waals surface area (Å²) in [6.07, 6.45) is 1.46. The highest BCUT2D eigenvalue weighted by Gasteiger charge is 2.39. The van der Waals surface area contributed by atoms with E-state index < -0.39 is 30.3 Å². The molecule has 1 fully saturated rings. The summed E-state index contributed by atoms with van der Waals surface area (Å²) in [7, 11) is 0. The third-order valence-corrected chi connectivity index (χ3v) is 7.18. The number of carbonyl (C=O) groups is 4. The monoisotopic (exact) mass is 547 g/mol. The largest absolute Gasteiger partial charge is 0.370 e. The summed E-state index contributed by atoms with van der Waals surface area (Å²) < 4.78 is 13.2. The van der Waals surface area contributed by atoms with Crippen LogP contribution in [0.15, 0.2) is 23.2 Å². The fourth-order valence-corrected chi connectivity index (χ4v) is 4.85. The van der Waals surface area contributed by atoms with Crippen LogP contribution in [0.1, 0.15) is 62.7 Å². The summed E-state index contributed by atoms with van der Waals surface area (Å²) in [5, 5.41) is 0.243. The molecule has 1 aliphatic heterocycles. The summed E-state index contributed by atoms with van der Waals surface area (Å²) >= 11 is 5.98. The van der Waals surface area contributed by atoms with E-state index in [1.165, 1.54) is 23.1 Å². The molecule has 3 atom stereocenters. The minimum atomic E-state index is -1.18. The van der Waals surface area contributed by atoms with Crippen LogP contribution in [0, 0.1) is 24.3 Å². The van der Waals surface area contributed by atoms with E-state index in [1.54, 1.807) is 0 Å². The Kier molecular flexibility index (Phi) is 11.9. The van der Waals surface area contributed by atoms with Gasteiger partial charge in [0.25, 0.3) is 0 Å². The Morgan fingerprint density at radius 1 is 1.24 bits per heavy atom. The SMILES string of the molecule is [C-]#[N+]c1cc(C(=O)C[C@H](C(=O)N2CCC[C@H]2C(=O)C[C@@H](CCCN=C(N)N)C(=O)CF)C(C)C)ccc1Cl. The number of amides is 1. The van der Waals surface area contributed by atoms with Gasteiger partial charge in [0.05, 0.1) is 12.6 Å². The Morgan fingerprint density at radius 3 is 2.55 bits per heavy atom.